The van der Waals surface area contributed by atoms with Crippen LogP contribution in [-0.4, -0.2) is 64.3 Å². The van der Waals surface area contributed by atoms with E-state index in [9.17, 15) is 33.7 Å². The minimum atomic E-state index is -5.74. The molecule has 0 aromatic carbocycles. The number of fused-ring (bicyclic) bond motifs is 1. The minimum absolute atomic E-state index is 0.0830. The first kappa shape index (κ1) is 26.0. The van der Waals surface area contributed by atoms with Gasteiger partial charge in [-0.1, -0.05) is 5.92 Å². The minimum Gasteiger partial charge on any atom is -0.397 e. The largest absolute Gasteiger partial charge is 0.490 e. The molecule has 0 radical (unpaired) electrons. The Kier molecular flexibility index (Phi) is 6.96. The zero-order valence-electron chi connectivity index (χ0n) is 16.2. The lowest BCUT2D eigenvalue weighted by atomic mass is 9.92. The summed E-state index contributed by atoms with van der Waals surface area (Å²) in [4.78, 5) is 35.8. The highest BCUT2D eigenvalue weighted by Crippen LogP contribution is 2.66. The normalized spacial score (nSPS) is 29.4. The van der Waals surface area contributed by atoms with Crippen molar-refractivity contribution >= 4 is 34.7 Å². The van der Waals surface area contributed by atoms with Crippen molar-refractivity contribution in [1.29, 1.82) is 0 Å². The lowest BCUT2D eigenvalue weighted by molar-refractivity contribution is -0.0621. The highest BCUT2D eigenvalue weighted by molar-refractivity contribution is 7.66. The Morgan fingerprint density at radius 3 is 2.42 bits per heavy atom. The molecule has 182 valence electrons. The first-order valence-corrected chi connectivity index (χ1v) is 13.2. The summed E-state index contributed by atoms with van der Waals surface area (Å²) in [5.41, 5.74) is 4.66. The molecule has 16 nitrogen and oxygen atoms in total. The van der Waals surface area contributed by atoms with Crippen molar-refractivity contribution in [3.8, 4) is 12.3 Å². The molecule has 1 saturated heterocycles. The number of anilines is 1. The Hall–Kier alpha value is -1.66. The van der Waals surface area contributed by atoms with Crippen molar-refractivity contribution in [2.75, 3.05) is 12.3 Å². The molecule has 3 rings (SSSR count). The topological polar surface area (TPSA) is 253 Å². The molecule has 8 N–H and O–H groups in total. The summed E-state index contributed by atoms with van der Waals surface area (Å²) in [5.74, 6) is 2.22. The Morgan fingerprint density at radius 2 is 1.82 bits per heavy atom. The number of aromatic nitrogens is 2. The molecular formula is C14H18N3O13P3. The molecule has 3 heterocycles. The molecule has 0 spiro atoms. The third-order valence-corrected chi connectivity index (χ3v) is 8.26. The molecule has 0 amide bonds. The smallest absolute Gasteiger partial charge is 0.397 e. The molecule has 0 bridgehead atoms. The number of hydrogen-bond donors (Lipinski definition) is 7. The van der Waals surface area contributed by atoms with Gasteiger partial charge in [-0.15, -0.1) is 6.42 Å². The molecular weight excluding hydrogens is 511 g/mol. The fourth-order valence-corrected chi connectivity index (χ4v) is 6.18. The van der Waals surface area contributed by atoms with E-state index in [0.29, 0.717) is 11.2 Å². The van der Waals surface area contributed by atoms with Crippen molar-refractivity contribution in [3.05, 3.63) is 30.1 Å². The number of hydrogen-bond acceptors (Lipinski definition) is 11. The van der Waals surface area contributed by atoms with Crippen molar-refractivity contribution in [2.24, 2.45) is 0 Å². The fourth-order valence-electron chi connectivity index (χ4n) is 3.15. The van der Waals surface area contributed by atoms with Crippen molar-refractivity contribution in [2.45, 2.75) is 23.9 Å². The van der Waals surface area contributed by atoms with Crippen LogP contribution in [0.5, 0.6) is 0 Å². The van der Waals surface area contributed by atoms with Crippen LogP contribution < -0.4 is 5.73 Å². The van der Waals surface area contributed by atoms with Crippen molar-refractivity contribution < 1.29 is 61.4 Å². The van der Waals surface area contributed by atoms with E-state index in [1.807, 2.05) is 0 Å². The molecule has 19 heteroatoms. The number of ether oxygens (including phenoxy) is 1. The van der Waals surface area contributed by atoms with Gasteiger partial charge in [-0.2, -0.15) is 13.7 Å². The zero-order chi connectivity index (χ0) is 24.8. The number of terminal acetylenes is 1. The molecule has 1 fully saturated rings. The molecule has 0 aliphatic carbocycles. The van der Waals surface area contributed by atoms with Gasteiger partial charge in [0.25, 0.3) is 0 Å². The highest BCUT2D eigenvalue weighted by Gasteiger charge is 2.56. The Morgan fingerprint density at radius 1 is 1.15 bits per heavy atom. The fraction of sp³-hybridized carbons (Fsp3) is 0.357. The Bertz CT molecular complexity index is 1240. The maximum Gasteiger partial charge on any atom is 0.490 e. The van der Waals surface area contributed by atoms with Crippen LogP contribution >= 0.6 is 23.5 Å². The molecule has 33 heavy (non-hydrogen) atoms. The number of nitrogens with zero attached hydrogens (tertiary/aromatic N) is 2. The van der Waals surface area contributed by atoms with Crippen LogP contribution in [0.4, 0.5) is 5.69 Å². The highest BCUT2D eigenvalue weighted by atomic mass is 31.3. The van der Waals surface area contributed by atoms with E-state index in [0.717, 1.165) is 0 Å². The molecule has 2 aromatic heterocycles. The Balaban J connectivity index is 1.80. The first-order valence-electron chi connectivity index (χ1n) is 8.63. The number of nitrogens with two attached hydrogens (primary N) is 1. The molecule has 1 aliphatic rings. The second-order valence-corrected chi connectivity index (χ2v) is 11.1. The van der Waals surface area contributed by atoms with Crippen molar-refractivity contribution in [1.82, 2.24) is 9.61 Å². The monoisotopic (exact) mass is 529 g/mol. The first-order chi connectivity index (χ1) is 15.1. The van der Waals surface area contributed by atoms with E-state index in [-0.39, 0.29) is 5.69 Å². The van der Waals surface area contributed by atoms with Crippen LogP contribution in [0.2, 0.25) is 0 Å². The van der Waals surface area contributed by atoms with E-state index in [1.54, 1.807) is 0 Å². The van der Waals surface area contributed by atoms with Crippen LogP contribution in [0.1, 0.15) is 5.69 Å². The zero-order valence-corrected chi connectivity index (χ0v) is 18.9. The van der Waals surface area contributed by atoms with Gasteiger partial charge in [0, 0.05) is 6.20 Å². The molecule has 1 aliphatic heterocycles. The number of aliphatic hydroxyl groups is 2. The van der Waals surface area contributed by atoms with Gasteiger partial charge in [-0.05, 0) is 18.2 Å². The maximum absolute atomic E-state index is 11.9. The molecule has 0 saturated carbocycles. The van der Waals surface area contributed by atoms with Crippen LogP contribution in [0, 0.1) is 12.3 Å². The van der Waals surface area contributed by atoms with E-state index < -0.39 is 54.0 Å². The second-order valence-electron chi connectivity index (χ2n) is 6.66. The van der Waals surface area contributed by atoms with Crippen LogP contribution in [0.15, 0.2) is 24.4 Å². The lowest BCUT2D eigenvalue weighted by Crippen LogP contribution is -2.41. The molecule has 2 unspecified atom stereocenters. The van der Waals surface area contributed by atoms with Crippen LogP contribution in [-0.2, 0) is 37.2 Å². The van der Waals surface area contributed by atoms with Gasteiger partial charge in [-0.3, -0.25) is 4.52 Å². The number of aliphatic hydroxyl groups excluding tert-OH is 2. The summed E-state index contributed by atoms with van der Waals surface area (Å²) in [6.07, 6.45) is 1.77. The SMILES string of the molecule is C#C[C@@]1(c2ccc3c(N)ccnn23)O[C@H](COP(=O)(O)OP(=O)(O)OP(=O)(O)O)[C@@H](O)[C@H]1O. The number of nitrogen functional groups attached to an aromatic ring is 1. The maximum atomic E-state index is 11.9. The number of phosphoric acid groups is 3. The second kappa shape index (κ2) is 8.84. The summed E-state index contributed by atoms with van der Waals surface area (Å²) < 4.78 is 52.5. The van der Waals surface area contributed by atoms with Crippen LogP contribution in [0.25, 0.3) is 5.52 Å². The number of rotatable bonds is 8. The predicted molar refractivity (Wildman–Crippen MR) is 107 cm³/mol. The average molecular weight is 529 g/mol. The molecule has 2 aromatic rings. The van der Waals surface area contributed by atoms with Gasteiger partial charge in [0.2, 0.25) is 0 Å². The quantitative estimate of drug-likeness (QED) is 0.163. The summed E-state index contributed by atoms with van der Waals surface area (Å²) in [6.45, 7) is -1.02. The molecule has 6 atom stereocenters. The number of phosphoric ester groups is 1. The van der Waals surface area contributed by atoms with Gasteiger partial charge < -0.3 is 40.3 Å². The van der Waals surface area contributed by atoms with E-state index in [1.165, 1.54) is 28.9 Å². The predicted octanol–water partition coefficient (Wildman–Crippen LogP) is -0.791. The summed E-state index contributed by atoms with van der Waals surface area (Å²) in [6, 6.07) is 4.46. The van der Waals surface area contributed by atoms with Gasteiger partial charge in [0.15, 0.2) is 5.60 Å². The summed E-state index contributed by atoms with van der Waals surface area (Å²) in [5, 5.41) is 25.1. The third kappa shape index (κ3) is 5.37. The van der Waals surface area contributed by atoms with Crippen molar-refractivity contribution in [3.63, 3.8) is 0 Å². The summed E-state index contributed by atoms with van der Waals surface area (Å²) in [7, 11) is -16.8. The van der Waals surface area contributed by atoms with Gasteiger partial charge in [0.1, 0.15) is 18.3 Å². The van der Waals surface area contributed by atoms with E-state index >= 15 is 0 Å². The lowest BCUT2D eigenvalue weighted by Gasteiger charge is -2.26. The van der Waals surface area contributed by atoms with Gasteiger partial charge in [-0.25, -0.2) is 18.2 Å². The summed E-state index contributed by atoms with van der Waals surface area (Å²) >= 11 is 0. The van der Waals surface area contributed by atoms with Gasteiger partial charge in [0.05, 0.1) is 23.5 Å². The van der Waals surface area contributed by atoms with Crippen LogP contribution in [0.3, 0.4) is 0 Å². The standard InChI is InChI=1S/C14H18N3O13P3/c1-2-14(11-4-3-9-8(15)5-6-16-17(9)11)13(19)12(18)10(28-14)7-27-32(23,24)30-33(25,26)29-31(20,21)22/h1,3-6,10,12-13,18-19H,7,15H2,(H,23,24)(H,25,26)(H2,20,21,22)/t10-,12-,13-,14+/m1/s1. The van der Waals surface area contributed by atoms with Gasteiger partial charge >= 0.3 is 23.5 Å². The van der Waals surface area contributed by atoms with E-state index in [2.05, 4.69) is 24.2 Å². The van der Waals surface area contributed by atoms with E-state index in [4.69, 9.17) is 26.7 Å². The average Bonchev–Trinajstić information content (AvgIpc) is 3.20. The Labute approximate surface area is 184 Å². The third-order valence-electron chi connectivity index (χ3n) is 4.46.